The van der Waals surface area contributed by atoms with Crippen LogP contribution in [0.4, 0.5) is 13.2 Å². The van der Waals surface area contributed by atoms with Crippen LogP contribution in [0.25, 0.3) is 0 Å². The summed E-state index contributed by atoms with van der Waals surface area (Å²) >= 11 is 3.09. The van der Waals surface area contributed by atoms with Gasteiger partial charge in [0.15, 0.2) is 0 Å². The fourth-order valence-corrected chi connectivity index (χ4v) is 1.57. The molecule has 0 radical (unpaired) electrons. The summed E-state index contributed by atoms with van der Waals surface area (Å²) < 4.78 is 47.6. The number of halogens is 4. The Bertz CT molecular complexity index is 498. The molecule has 0 aromatic heterocycles. The van der Waals surface area contributed by atoms with Gasteiger partial charge in [-0.2, -0.15) is 13.2 Å². The molecule has 110 valence electrons. The summed E-state index contributed by atoms with van der Waals surface area (Å²) in [6.07, 6.45) is -3.36. The molecule has 0 fully saturated rings. The number of carbonyl (C=O) groups excluding carboxylic acids is 1. The smallest absolute Gasteiger partial charge is 0.416 e. The quantitative estimate of drug-likeness (QED) is 0.348. The van der Waals surface area contributed by atoms with Gasteiger partial charge in [-0.1, -0.05) is 22.0 Å². The van der Waals surface area contributed by atoms with Crippen molar-refractivity contribution in [3.63, 3.8) is 0 Å². The van der Waals surface area contributed by atoms with Gasteiger partial charge in [0, 0.05) is 0 Å². The Balaban J connectivity index is 2.88. The van der Waals surface area contributed by atoms with Gasteiger partial charge in [-0.05, 0) is 25.1 Å². The maximum atomic E-state index is 12.5. The maximum absolute atomic E-state index is 12.5. The summed E-state index contributed by atoms with van der Waals surface area (Å²) in [6.45, 7) is 1.85. The molecule has 1 rings (SSSR count). The lowest BCUT2D eigenvalue weighted by Gasteiger charge is -2.11. The lowest BCUT2D eigenvalue weighted by molar-refractivity contribution is -0.138. The van der Waals surface area contributed by atoms with Crippen LogP contribution in [0.2, 0.25) is 0 Å². The first-order valence-corrected chi connectivity index (χ1v) is 6.77. The summed E-state index contributed by atoms with van der Waals surface area (Å²) in [5.74, 6) is -0.466. The standard InChI is InChI=1S/C13H12BrF3O3/c1-2-19-12(18)7-11(8-14)20-10-5-3-4-9(6-10)13(15,16)17/h3-7H,2,8H2,1H3/b11-7+. The van der Waals surface area contributed by atoms with Crippen LogP contribution in [0.3, 0.4) is 0 Å². The summed E-state index contributed by atoms with van der Waals surface area (Å²) in [4.78, 5) is 11.2. The summed E-state index contributed by atoms with van der Waals surface area (Å²) in [7, 11) is 0. The van der Waals surface area contributed by atoms with Crippen molar-refractivity contribution < 1.29 is 27.4 Å². The topological polar surface area (TPSA) is 35.5 Å². The minimum atomic E-state index is -4.45. The Morgan fingerprint density at radius 1 is 1.40 bits per heavy atom. The first kappa shape index (κ1) is 16.6. The van der Waals surface area contributed by atoms with E-state index in [1.807, 2.05) is 0 Å². The van der Waals surface area contributed by atoms with Crippen LogP contribution in [0.15, 0.2) is 36.1 Å². The first-order valence-electron chi connectivity index (χ1n) is 5.65. The van der Waals surface area contributed by atoms with Gasteiger partial charge in [-0.3, -0.25) is 0 Å². The second-order valence-electron chi connectivity index (χ2n) is 3.62. The highest BCUT2D eigenvalue weighted by Crippen LogP contribution is 2.31. The van der Waals surface area contributed by atoms with Crippen molar-refractivity contribution in [3.05, 3.63) is 41.7 Å². The van der Waals surface area contributed by atoms with Crippen molar-refractivity contribution in [3.8, 4) is 5.75 Å². The number of esters is 1. The highest BCUT2D eigenvalue weighted by atomic mass is 79.9. The van der Waals surface area contributed by atoms with Crippen LogP contribution in [-0.4, -0.2) is 17.9 Å². The predicted octanol–water partition coefficient (Wildman–Crippen LogP) is 3.93. The summed E-state index contributed by atoms with van der Waals surface area (Å²) in [5, 5.41) is 0.169. The SMILES string of the molecule is CCOC(=O)/C=C(\CBr)Oc1cccc(C(F)(F)F)c1. The van der Waals surface area contributed by atoms with Gasteiger partial charge >= 0.3 is 12.1 Å². The minimum absolute atomic E-state index is 0.00479. The summed E-state index contributed by atoms with van der Waals surface area (Å²) in [5.41, 5.74) is -0.819. The zero-order valence-electron chi connectivity index (χ0n) is 10.5. The van der Waals surface area contributed by atoms with Crippen LogP contribution in [0, 0.1) is 0 Å². The van der Waals surface area contributed by atoms with E-state index in [4.69, 9.17) is 9.47 Å². The lowest BCUT2D eigenvalue weighted by Crippen LogP contribution is -2.07. The molecular formula is C13H12BrF3O3. The molecule has 7 heteroatoms. The molecule has 0 aliphatic carbocycles. The van der Waals surface area contributed by atoms with Gasteiger partial charge in [0.2, 0.25) is 0 Å². The third-order valence-electron chi connectivity index (χ3n) is 2.11. The highest BCUT2D eigenvalue weighted by molar-refractivity contribution is 9.09. The molecule has 20 heavy (non-hydrogen) atoms. The molecule has 0 aliphatic rings. The Morgan fingerprint density at radius 3 is 2.65 bits per heavy atom. The van der Waals surface area contributed by atoms with Crippen LogP contribution >= 0.6 is 15.9 Å². The molecule has 0 N–H and O–H groups in total. The number of rotatable bonds is 5. The van der Waals surface area contributed by atoms with Gasteiger partial charge in [-0.25, -0.2) is 4.79 Å². The van der Waals surface area contributed by atoms with Crippen molar-refractivity contribution in [2.75, 3.05) is 11.9 Å². The van der Waals surface area contributed by atoms with E-state index >= 15 is 0 Å². The number of benzene rings is 1. The van der Waals surface area contributed by atoms with Crippen molar-refractivity contribution in [1.29, 1.82) is 0 Å². The molecule has 0 unspecified atom stereocenters. The van der Waals surface area contributed by atoms with E-state index in [-0.39, 0.29) is 23.4 Å². The molecule has 0 saturated carbocycles. The van der Waals surface area contributed by atoms with Gasteiger partial charge in [0.05, 0.1) is 23.6 Å². The van der Waals surface area contributed by atoms with E-state index in [0.717, 1.165) is 18.2 Å². The zero-order chi connectivity index (χ0) is 15.2. The third-order valence-corrected chi connectivity index (χ3v) is 2.66. The van der Waals surface area contributed by atoms with Gasteiger partial charge in [0.1, 0.15) is 11.5 Å². The zero-order valence-corrected chi connectivity index (χ0v) is 12.1. The van der Waals surface area contributed by atoms with Crippen LogP contribution in [0.1, 0.15) is 12.5 Å². The fourth-order valence-electron chi connectivity index (χ4n) is 1.30. The highest BCUT2D eigenvalue weighted by Gasteiger charge is 2.30. The Labute approximate surface area is 122 Å². The largest absolute Gasteiger partial charge is 0.463 e. The maximum Gasteiger partial charge on any atom is 0.416 e. The molecule has 0 amide bonds. The van der Waals surface area contributed by atoms with Crippen molar-refractivity contribution in [2.45, 2.75) is 13.1 Å². The molecule has 1 aromatic carbocycles. The Hall–Kier alpha value is -1.50. The first-order chi connectivity index (χ1) is 9.36. The van der Waals surface area contributed by atoms with Crippen molar-refractivity contribution in [1.82, 2.24) is 0 Å². The average Bonchev–Trinajstić information content (AvgIpc) is 2.37. The number of ether oxygens (including phenoxy) is 2. The molecule has 0 bridgehead atoms. The van der Waals surface area contributed by atoms with Crippen LogP contribution in [0.5, 0.6) is 5.75 Å². The van der Waals surface area contributed by atoms with Crippen molar-refractivity contribution in [2.24, 2.45) is 0 Å². The Kier molecular flexibility index (Phi) is 6.06. The lowest BCUT2D eigenvalue weighted by atomic mass is 10.2. The normalized spacial score (nSPS) is 12.2. The molecule has 0 atom stereocenters. The number of hydrogen-bond acceptors (Lipinski definition) is 3. The monoisotopic (exact) mass is 352 g/mol. The van der Waals surface area contributed by atoms with Crippen LogP contribution in [-0.2, 0) is 15.7 Å². The Morgan fingerprint density at radius 2 is 2.10 bits per heavy atom. The second kappa shape index (κ2) is 7.33. The number of carbonyl (C=O) groups is 1. The van der Waals surface area contributed by atoms with Crippen molar-refractivity contribution >= 4 is 21.9 Å². The molecule has 0 heterocycles. The van der Waals surface area contributed by atoms with Crippen LogP contribution < -0.4 is 4.74 Å². The van der Waals surface area contributed by atoms with E-state index in [9.17, 15) is 18.0 Å². The number of alkyl halides is 4. The predicted molar refractivity (Wildman–Crippen MR) is 70.6 cm³/mol. The third kappa shape index (κ3) is 5.24. The van der Waals surface area contributed by atoms with E-state index in [1.54, 1.807) is 6.92 Å². The molecule has 0 aliphatic heterocycles. The molecule has 0 spiro atoms. The fraction of sp³-hybridized carbons (Fsp3) is 0.308. The summed E-state index contributed by atoms with van der Waals surface area (Å²) in [6, 6.07) is 4.41. The van der Waals surface area contributed by atoms with Gasteiger partial charge in [-0.15, -0.1) is 0 Å². The molecular weight excluding hydrogens is 341 g/mol. The molecule has 1 aromatic rings. The van der Waals surface area contributed by atoms with Gasteiger partial charge in [0.25, 0.3) is 0 Å². The van der Waals surface area contributed by atoms with E-state index in [0.29, 0.717) is 0 Å². The number of allylic oxidation sites excluding steroid dienone is 1. The average molecular weight is 353 g/mol. The van der Waals surface area contributed by atoms with Gasteiger partial charge < -0.3 is 9.47 Å². The van der Waals surface area contributed by atoms with E-state index in [1.165, 1.54) is 12.1 Å². The molecule has 0 saturated heterocycles. The van der Waals surface area contributed by atoms with E-state index < -0.39 is 17.7 Å². The van der Waals surface area contributed by atoms with E-state index in [2.05, 4.69) is 15.9 Å². The number of hydrogen-bond donors (Lipinski definition) is 0. The minimum Gasteiger partial charge on any atom is -0.463 e. The molecule has 3 nitrogen and oxygen atoms in total. The second-order valence-corrected chi connectivity index (χ2v) is 4.18.